The lowest BCUT2D eigenvalue weighted by molar-refractivity contribution is -0.130. The van der Waals surface area contributed by atoms with Gasteiger partial charge < -0.3 is 19.9 Å². The Kier molecular flexibility index (Phi) is 9.03. The molecule has 0 atom stereocenters. The number of carbonyl (C=O) groups excluding carboxylic acids is 1. The number of likely N-dealkylation sites (N-methyl/N-ethyl adjacent to an activating group) is 2. The summed E-state index contributed by atoms with van der Waals surface area (Å²) in [6, 6.07) is 0.251. The first kappa shape index (κ1) is 16.4. The van der Waals surface area contributed by atoms with Crippen molar-refractivity contribution in [1.29, 1.82) is 0 Å². The highest BCUT2D eigenvalue weighted by Crippen LogP contribution is 1.92. The van der Waals surface area contributed by atoms with Crippen molar-refractivity contribution in [2.45, 2.75) is 19.9 Å². The van der Waals surface area contributed by atoms with Gasteiger partial charge in [-0.25, -0.2) is 0 Å². The SMILES string of the molecule is CC(C)N(C)C(=O)CNCCOCCN(C)C. The maximum atomic E-state index is 11.6. The fraction of sp³-hybridized carbons (Fsp3) is 0.917. The number of hydrogen-bond donors (Lipinski definition) is 1. The Morgan fingerprint density at radius 2 is 1.88 bits per heavy atom. The van der Waals surface area contributed by atoms with Crippen LogP contribution in [0.25, 0.3) is 0 Å². The van der Waals surface area contributed by atoms with E-state index < -0.39 is 0 Å². The standard InChI is InChI=1S/C12H27N3O2/c1-11(2)15(5)12(16)10-13-6-8-17-9-7-14(3)4/h11,13H,6-10H2,1-5H3. The van der Waals surface area contributed by atoms with Crippen molar-refractivity contribution in [3.63, 3.8) is 0 Å². The monoisotopic (exact) mass is 245 g/mol. The van der Waals surface area contributed by atoms with Gasteiger partial charge in [0.25, 0.3) is 0 Å². The fourth-order valence-electron chi connectivity index (χ4n) is 1.10. The average molecular weight is 245 g/mol. The quantitative estimate of drug-likeness (QED) is 0.582. The summed E-state index contributed by atoms with van der Waals surface area (Å²) in [6.07, 6.45) is 0. The van der Waals surface area contributed by atoms with Crippen molar-refractivity contribution in [2.24, 2.45) is 0 Å². The maximum absolute atomic E-state index is 11.6. The zero-order valence-corrected chi connectivity index (χ0v) is 11.8. The molecule has 17 heavy (non-hydrogen) atoms. The van der Waals surface area contributed by atoms with Gasteiger partial charge in [-0.15, -0.1) is 0 Å². The number of ether oxygens (including phenoxy) is 1. The number of hydrogen-bond acceptors (Lipinski definition) is 4. The van der Waals surface area contributed by atoms with E-state index in [4.69, 9.17) is 4.74 Å². The van der Waals surface area contributed by atoms with Crippen LogP contribution >= 0.6 is 0 Å². The molecule has 0 fully saturated rings. The predicted octanol–water partition coefficient (Wildman–Crippen LogP) is 0.0210. The van der Waals surface area contributed by atoms with Crippen LogP contribution in [0.4, 0.5) is 0 Å². The largest absolute Gasteiger partial charge is 0.379 e. The molecule has 0 unspecified atom stereocenters. The van der Waals surface area contributed by atoms with Gasteiger partial charge in [0.15, 0.2) is 0 Å². The van der Waals surface area contributed by atoms with E-state index in [1.807, 2.05) is 35.0 Å². The average Bonchev–Trinajstić information content (AvgIpc) is 2.25. The molecule has 1 amide bonds. The van der Waals surface area contributed by atoms with E-state index in [0.717, 1.165) is 13.2 Å². The molecule has 0 rings (SSSR count). The summed E-state index contributed by atoms with van der Waals surface area (Å²) >= 11 is 0. The van der Waals surface area contributed by atoms with Crippen LogP contribution < -0.4 is 5.32 Å². The zero-order chi connectivity index (χ0) is 13.3. The zero-order valence-electron chi connectivity index (χ0n) is 11.8. The molecule has 0 spiro atoms. The van der Waals surface area contributed by atoms with Gasteiger partial charge in [0.1, 0.15) is 0 Å². The number of carbonyl (C=O) groups is 1. The van der Waals surface area contributed by atoms with Crippen molar-refractivity contribution in [3.05, 3.63) is 0 Å². The van der Waals surface area contributed by atoms with Crippen LogP contribution in [0.5, 0.6) is 0 Å². The van der Waals surface area contributed by atoms with E-state index in [1.54, 1.807) is 4.90 Å². The molecule has 0 radical (unpaired) electrons. The van der Waals surface area contributed by atoms with Crippen LogP contribution in [0.15, 0.2) is 0 Å². The molecule has 0 bridgehead atoms. The van der Waals surface area contributed by atoms with Crippen LogP contribution in [-0.4, -0.2) is 75.7 Å². The van der Waals surface area contributed by atoms with Crippen LogP contribution in [0.3, 0.4) is 0 Å². The van der Waals surface area contributed by atoms with Gasteiger partial charge in [-0.2, -0.15) is 0 Å². The van der Waals surface area contributed by atoms with E-state index in [-0.39, 0.29) is 11.9 Å². The first-order chi connectivity index (χ1) is 7.95. The molecule has 0 aliphatic carbocycles. The molecular formula is C12H27N3O2. The minimum Gasteiger partial charge on any atom is -0.379 e. The number of amides is 1. The maximum Gasteiger partial charge on any atom is 0.236 e. The molecule has 0 aromatic heterocycles. The number of rotatable bonds is 9. The first-order valence-electron chi connectivity index (χ1n) is 6.14. The van der Waals surface area contributed by atoms with E-state index in [0.29, 0.717) is 19.7 Å². The minimum atomic E-state index is 0.119. The van der Waals surface area contributed by atoms with Gasteiger partial charge in [0.05, 0.1) is 19.8 Å². The molecule has 5 nitrogen and oxygen atoms in total. The Labute approximate surface area is 105 Å². The van der Waals surface area contributed by atoms with Crippen LogP contribution in [-0.2, 0) is 9.53 Å². The summed E-state index contributed by atoms with van der Waals surface area (Å²) in [6.45, 7) is 7.40. The molecule has 102 valence electrons. The van der Waals surface area contributed by atoms with Gasteiger partial charge in [-0.1, -0.05) is 0 Å². The molecule has 0 saturated heterocycles. The molecule has 0 aliphatic heterocycles. The highest BCUT2D eigenvalue weighted by molar-refractivity contribution is 5.78. The molecule has 1 N–H and O–H groups in total. The Bertz CT molecular complexity index is 208. The highest BCUT2D eigenvalue weighted by Gasteiger charge is 2.10. The van der Waals surface area contributed by atoms with E-state index in [9.17, 15) is 4.79 Å². The summed E-state index contributed by atoms with van der Waals surface area (Å²) in [5.41, 5.74) is 0. The van der Waals surface area contributed by atoms with Gasteiger partial charge in [0.2, 0.25) is 5.91 Å². The molecule has 0 heterocycles. The lowest BCUT2D eigenvalue weighted by Crippen LogP contribution is -2.40. The second kappa shape index (κ2) is 9.39. The Morgan fingerprint density at radius 3 is 2.41 bits per heavy atom. The third-order valence-electron chi connectivity index (χ3n) is 2.55. The Morgan fingerprint density at radius 1 is 1.24 bits per heavy atom. The number of nitrogens with one attached hydrogen (secondary N) is 1. The first-order valence-corrected chi connectivity index (χ1v) is 6.14. The third-order valence-corrected chi connectivity index (χ3v) is 2.55. The smallest absolute Gasteiger partial charge is 0.236 e. The van der Waals surface area contributed by atoms with Crippen molar-refractivity contribution in [2.75, 3.05) is 54.0 Å². The van der Waals surface area contributed by atoms with Crippen molar-refractivity contribution in [1.82, 2.24) is 15.1 Å². The molecule has 5 heteroatoms. The fourth-order valence-corrected chi connectivity index (χ4v) is 1.10. The molecular weight excluding hydrogens is 218 g/mol. The summed E-state index contributed by atoms with van der Waals surface area (Å²) in [5.74, 6) is 0.119. The lowest BCUT2D eigenvalue weighted by Gasteiger charge is -2.21. The number of nitrogens with zero attached hydrogens (tertiary/aromatic N) is 2. The minimum absolute atomic E-state index is 0.119. The van der Waals surface area contributed by atoms with Crippen molar-refractivity contribution in [3.8, 4) is 0 Å². The summed E-state index contributed by atoms with van der Waals surface area (Å²) in [5, 5.41) is 3.08. The van der Waals surface area contributed by atoms with Gasteiger partial charge >= 0.3 is 0 Å². The van der Waals surface area contributed by atoms with E-state index in [2.05, 4.69) is 10.2 Å². The third kappa shape index (κ3) is 9.09. The second-order valence-corrected chi connectivity index (χ2v) is 4.69. The van der Waals surface area contributed by atoms with Gasteiger partial charge in [-0.3, -0.25) is 4.79 Å². The van der Waals surface area contributed by atoms with E-state index in [1.165, 1.54) is 0 Å². The highest BCUT2D eigenvalue weighted by atomic mass is 16.5. The predicted molar refractivity (Wildman–Crippen MR) is 70.1 cm³/mol. The van der Waals surface area contributed by atoms with Gasteiger partial charge in [0, 0.05) is 26.2 Å². The summed E-state index contributed by atoms with van der Waals surface area (Å²) < 4.78 is 5.41. The summed E-state index contributed by atoms with van der Waals surface area (Å²) in [7, 11) is 5.85. The molecule has 0 aliphatic rings. The molecule has 0 aromatic carbocycles. The van der Waals surface area contributed by atoms with Crippen LogP contribution in [0, 0.1) is 0 Å². The Hall–Kier alpha value is -0.650. The lowest BCUT2D eigenvalue weighted by atomic mass is 10.3. The second-order valence-electron chi connectivity index (χ2n) is 4.69. The van der Waals surface area contributed by atoms with E-state index >= 15 is 0 Å². The van der Waals surface area contributed by atoms with Gasteiger partial charge in [-0.05, 0) is 27.9 Å². The molecule has 0 saturated carbocycles. The van der Waals surface area contributed by atoms with Crippen LogP contribution in [0.1, 0.15) is 13.8 Å². The normalized spacial score (nSPS) is 11.2. The topological polar surface area (TPSA) is 44.8 Å². The van der Waals surface area contributed by atoms with Crippen molar-refractivity contribution < 1.29 is 9.53 Å². The van der Waals surface area contributed by atoms with Crippen molar-refractivity contribution >= 4 is 5.91 Å². The molecule has 0 aromatic rings. The summed E-state index contributed by atoms with van der Waals surface area (Å²) in [4.78, 5) is 15.4. The Balaban J connectivity index is 3.37. The van der Waals surface area contributed by atoms with Crippen LogP contribution in [0.2, 0.25) is 0 Å².